The van der Waals surface area contributed by atoms with Crippen molar-refractivity contribution in [2.75, 3.05) is 0 Å². The minimum Gasteiger partial charge on any atom is -0.331 e. The van der Waals surface area contributed by atoms with Gasteiger partial charge in [0, 0.05) is 19.0 Å². The van der Waals surface area contributed by atoms with Gasteiger partial charge < -0.3 is 10.2 Å². The molecule has 5 nitrogen and oxygen atoms in total. The second-order valence-electron chi connectivity index (χ2n) is 8.07. The Labute approximate surface area is 160 Å². The Hall–Kier alpha value is -2.64. The SMILES string of the molecule is CC(=O)N[C@@]1(C(F)(F)F)C(=O)N(Cc2ccccc2)C2=C1C(=O)CC(C)(C)C2. The van der Waals surface area contributed by atoms with Gasteiger partial charge in [0.05, 0.1) is 12.1 Å². The second-order valence-corrected chi connectivity index (χ2v) is 8.07. The second kappa shape index (κ2) is 6.46. The van der Waals surface area contributed by atoms with Crippen LogP contribution in [0.2, 0.25) is 0 Å². The highest BCUT2D eigenvalue weighted by Crippen LogP contribution is 2.52. The maximum Gasteiger partial charge on any atom is 0.425 e. The molecule has 1 heterocycles. The Balaban J connectivity index is 2.22. The molecule has 1 N–H and O–H groups in total. The van der Waals surface area contributed by atoms with Crippen LogP contribution in [-0.4, -0.2) is 34.2 Å². The smallest absolute Gasteiger partial charge is 0.331 e. The Morgan fingerprint density at radius 3 is 2.29 bits per heavy atom. The first kappa shape index (κ1) is 20.1. The Morgan fingerprint density at radius 1 is 1.14 bits per heavy atom. The van der Waals surface area contributed by atoms with Crippen molar-refractivity contribution in [3.8, 4) is 0 Å². The predicted octanol–water partition coefficient (Wildman–Crippen LogP) is 3.11. The number of amides is 2. The van der Waals surface area contributed by atoms with Crippen molar-refractivity contribution in [3.63, 3.8) is 0 Å². The lowest BCUT2D eigenvalue weighted by atomic mass is 9.72. The highest BCUT2D eigenvalue weighted by Gasteiger charge is 2.71. The molecule has 28 heavy (non-hydrogen) atoms. The van der Waals surface area contributed by atoms with Gasteiger partial charge in [-0.3, -0.25) is 14.4 Å². The van der Waals surface area contributed by atoms with E-state index in [2.05, 4.69) is 0 Å². The van der Waals surface area contributed by atoms with Crippen LogP contribution in [-0.2, 0) is 20.9 Å². The van der Waals surface area contributed by atoms with Gasteiger partial charge in [-0.15, -0.1) is 0 Å². The number of allylic oxidation sites excluding steroid dienone is 1. The number of hydrogen-bond donors (Lipinski definition) is 1. The van der Waals surface area contributed by atoms with Gasteiger partial charge in [0.15, 0.2) is 5.78 Å². The molecule has 0 radical (unpaired) electrons. The molecular formula is C20H21F3N2O3. The van der Waals surface area contributed by atoms with Gasteiger partial charge in [-0.2, -0.15) is 13.2 Å². The molecule has 0 aromatic heterocycles. The number of halogens is 3. The third-order valence-corrected chi connectivity index (χ3v) is 5.09. The number of ketones is 1. The lowest BCUT2D eigenvalue weighted by Crippen LogP contribution is -2.65. The standard InChI is InChI=1S/C20H21F3N2O3/c1-12(26)24-19(20(21,22)23)16-14(9-18(2,3)10-15(16)27)25(17(19)28)11-13-7-5-4-6-8-13/h4-8H,9-11H2,1-3H3,(H,24,26)/t19-/m1/s1. The van der Waals surface area contributed by atoms with Crippen molar-refractivity contribution >= 4 is 17.6 Å². The molecule has 1 aliphatic heterocycles. The first-order valence-electron chi connectivity index (χ1n) is 8.87. The van der Waals surface area contributed by atoms with Crippen molar-refractivity contribution in [1.82, 2.24) is 10.2 Å². The van der Waals surface area contributed by atoms with E-state index in [0.29, 0.717) is 5.56 Å². The van der Waals surface area contributed by atoms with Crippen molar-refractivity contribution in [2.45, 2.75) is 51.9 Å². The summed E-state index contributed by atoms with van der Waals surface area (Å²) in [5, 5.41) is 1.78. The van der Waals surface area contributed by atoms with Crippen molar-refractivity contribution < 1.29 is 27.6 Å². The van der Waals surface area contributed by atoms with Crippen LogP contribution in [0.15, 0.2) is 41.6 Å². The van der Waals surface area contributed by atoms with Crippen LogP contribution in [0, 0.1) is 5.41 Å². The molecule has 0 fully saturated rings. The number of benzene rings is 1. The third kappa shape index (κ3) is 3.10. The van der Waals surface area contributed by atoms with Gasteiger partial charge in [-0.25, -0.2) is 0 Å². The highest BCUT2D eigenvalue weighted by atomic mass is 19.4. The van der Waals surface area contributed by atoms with Gasteiger partial charge in [0.2, 0.25) is 11.4 Å². The van der Waals surface area contributed by atoms with Crippen LogP contribution in [0.5, 0.6) is 0 Å². The molecule has 8 heteroatoms. The molecule has 3 rings (SSSR count). The van der Waals surface area contributed by atoms with Gasteiger partial charge in [0.1, 0.15) is 0 Å². The number of nitrogens with one attached hydrogen (secondary N) is 1. The van der Waals surface area contributed by atoms with Crippen LogP contribution in [0.4, 0.5) is 13.2 Å². The average molecular weight is 394 g/mol. The number of rotatable bonds is 3. The van der Waals surface area contributed by atoms with E-state index in [4.69, 9.17) is 0 Å². The van der Waals surface area contributed by atoms with Crippen LogP contribution in [0.25, 0.3) is 0 Å². The van der Waals surface area contributed by atoms with Gasteiger partial charge in [0.25, 0.3) is 5.91 Å². The predicted molar refractivity (Wildman–Crippen MR) is 94.6 cm³/mol. The summed E-state index contributed by atoms with van der Waals surface area (Å²) in [6.07, 6.45) is -5.15. The summed E-state index contributed by atoms with van der Waals surface area (Å²) in [5.74, 6) is -3.13. The van der Waals surface area contributed by atoms with E-state index >= 15 is 0 Å². The number of Topliss-reactive ketones (excluding diaryl/α,β-unsaturated/α-hetero) is 1. The number of hydrogen-bond acceptors (Lipinski definition) is 3. The number of carbonyl (C=O) groups excluding carboxylic acids is 3. The molecule has 0 bridgehead atoms. The number of carbonyl (C=O) groups is 3. The fourth-order valence-corrected chi connectivity index (χ4v) is 4.02. The molecule has 0 spiro atoms. The monoisotopic (exact) mass is 394 g/mol. The van der Waals surface area contributed by atoms with E-state index in [-0.39, 0.29) is 25.1 Å². The first-order chi connectivity index (χ1) is 12.9. The zero-order valence-corrected chi connectivity index (χ0v) is 15.8. The first-order valence-corrected chi connectivity index (χ1v) is 8.87. The van der Waals surface area contributed by atoms with Crippen molar-refractivity contribution in [1.29, 1.82) is 0 Å². The number of alkyl halides is 3. The third-order valence-electron chi connectivity index (χ3n) is 5.09. The zero-order chi connectivity index (χ0) is 20.9. The van der Waals surface area contributed by atoms with E-state index in [9.17, 15) is 27.6 Å². The fourth-order valence-electron chi connectivity index (χ4n) is 4.02. The Kier molecular flexibility index (Phi) is 4.64. The highest BCUT2D eigenvalue weighted by molar-refractivity contribution is 6.13. The summed E-state index contributed by atoms with van der Waals surface area (Å²) in [6.45, 7) is 4.33. The Bertz CT molecular complexity index is 874. The summed E-state index contributed by atoms with van der Waals surface area (Å²) >= 11 is 0. The summed E-state index contributed by atoms with van der Waals surface area (Å²) < 4.78 is 42.7. The summed E-state index contributed by atoms with van der Waals surface area (Å²) in [5.41, 5.74) is -3.91. The maximum absolute atomic E-state index is 14.2. The molecule has 2 amide bonds. The van der Waals surface area contributed by atoms with E-state index in [1.165, 1.54) is 0 Å². The lowest BCUT2D eigenvalue weighted by Gasteiger charge is -2.35. The van der Waals surface area contributed by atoms with Crippen LogP contribution in [0.3, 0.4) is 0 Å². The van der Waals surface area contributed by atoms with Crippen molar-refractivity contribution in [3.05, 3.63) is 47.2 Å². The quantitative estimate of drug-likeness (QED) is 0.857. The maximum atomic E-state index is 14.2. The zero-order valence-electron chi connectivity index (χ0n) is 15.8. The van der Waals surface area contributed by atoms with Crippen LogP contribution < -0.4 is 5.32 Å². The topological polar surface area (TPSA) is 66.5 Å². The fraction of sp³-hybridized carbons (Fsp3) is 0.450. The molecular weight excluding hydrogens is 373 g/mol. The van der Waals surface area contributed by atoms with Crippen LogP contribution in [0.1, 0.15) is 39.2 Å². The molecule has 150 valence electrons. The van der Waals surface area contributed by atoms with Gasteiger partial charge >= 0.3 is 6.18 Å². The van der Waals surface area contributed by atoms with Gasteiger partial charge in [-0.05, 0) is 17.4 Å². The molecule has 0 saturated heterocycles. The average Bonchev–Trinajstić information content (AvgIpc) is 2.77. The lowest BCUT2D eigenvalue weighted by molar-refractivity contribution is -0.194. The van der Waals surface area contributed by atoms with Crippen molar-refractivity contribution in [2.24, 2.45) is 5.41 Å². The minimum atomic E-state index is -5.15. The largest absolute Gasteiger partial charge is 0.425 e. The molecule has 0 saturated carbocycles. The summed E-state index contributed by atoms with van der Waals surface area (Å²) in [6, 6.07) is 8.56. The molecule has 1 aromatic carbocycles. The molecule has 1 atom stereocenters. The van der Waals surface area contributed by atoms with E-state index < -0.39 is 40.3 Å². The van der Waals surface area contributed by atoms with Gasteiger partial charge in [-0.1, -0.05) is 44.2 Å². The van der Waals surface area contributed by atoms with E-state index in [1.807, 2.05) is 0 Å². The molecule has 2 aliphatic rings. The van der Waals surface area contributed by atoms with E-state index in [0.717, 1.165) is 11.8 Å². The summed E-state index contributed by atoms with van der Waals surface area (Å²) in [4.78, 5) is 38.6. The number of nitrogens with zero attached hydrogens (tertiary/aromatic N) is 1. The molecule has 1 aliphatic carbocycles. The molecule has 1 aromatic rings. The Morgan fingerprint density at radius 2 is 1.75 bits per heavy atom. The molecule has 0 unspecified atom stereocenters. The van der Waals surface area contributed by atoms with Crippen LogP contribution >= 0.6 is 0 Å². The summed E-state index contributed by atoms with van der Waals surface area (Å²) in [7, 11) is 0. The minimum absolute atomic E-state index is 0.0428. The van der Waals surface area contributed by atoms with E-state index in [1.54, 1.807) is 49.5 Å². The normalized spacial score (nSPS) is 24.4.